The minimum Gasteiger partial charge on any atom is -0.394 e. The lowest BCUT2D eigenvalue weighted by Crippen LogP contribution is -2.49. The van der Waals surface area contributed by atoms with Crippen molar-refractivity contribution in [2.75, 3.05) is 6.61 Å². The van der Waals surface area contributed by atoms with E-state index < -0.39 is 0 Å². The van der Waals surface area contributed by atoms with Crippen molar-refractivity contribution in [3.8, 4) is 11.1 Å². The maximum atomic E-state index is 13.3. The third-order valence-electron chi connectivity index (χ3n) is 5.82. The highest BCUT2D eigenvalue weighted by atomic mass is 35.5. The first-order valence-electron chi connectivity index (χ1n) is 9.86. The van der Waals surface area contributed by atoms with Crippen LogP contribution in [0.15, 0.2) is 48.8 Å². The molecule has 30 heavy (non-hydrogen) atoms. The first kappa shape index (κ1) is 20.9. The highest BCUT2D eigenvalue weighted by molar-refractivity contribution is 6.36. The smallest absolute Gasteiger partial charge is 0.227 e. The normalized spacial score (nSPS) is 18.4. The molecule has 0 fully saturated rings. The first-order valence-corrected chi connectivity index (χ1v) is 10.6. The summed E-state index contributed by atoms with van der Waals surface area (Å²) >= 11 is 12.6. The van der Waals surface area contributed by atoms with Crippen LogP contribution in [0.3, 0.4) is 0 Å². The summed E-state index contributed by atoms with van der Waals surface area (Å²) in [4.78, 5) is 15.1. The monoisotopic (exact) mass is 443 g/mol. The van der Waals surface area contributed by atoms with Crippen molar-refractivity contribution in [2.45, 2.75) is 31.8 Å². The number of benzene rings is 2. The van der Waals surface area contributed by atoms with E-state index in [1.54, 1.807) is 27.8 Å². The van der Waals surface area contributed by atoms with Crippen LogP contribution in [0.1, 0.15) is 29.7 Å². The maximum Gasteiger partial charge on any atom is 0.227 e. The van der Waals surface area contributed by atoms with Crippen molar-refractivity contribution >= 4 is 29.1 Å². The Morgan fingerprint density at radius 2 is 1.90 bits per heavy atom. The molecule has 0 bridgehead atoms. The lowest BCUT2D eigenvalue weighted by molar-refractivity contribution is -0.137. The topological polar surface area (TPSA) is 58.4 Å². The van der Waals surface area contributed by atoms with E-state index in [4.69, 9.17) is 23.2 Å². The van der Waals surface area contributed by atoms with E-state index in [9.17, 15) is 9.90 Å². The van der Waals surface area contributed by atoms with Crippen molar-refractivity contribution in [1.82, 2.24) is 14.7 Å². The van der Waals surface area contributed by atoms with Gasteiger partial charge in [-0.05, 0) is 47.7 Å². The van der Waals surface area contributed by atoms with Gasteiger partial charge in [0.15, 0.2) is 0 Å². The quantitative estimate of drug-likeness (QED) is 0.647. The average Bonchev–Trinajstić information content (AvgIpc) is 3.16. The van der Waals surface area contributed by atoms with E-state index in [1.165, 1.54) is 0 Å². The van der Waals surface area contributed by atoms with Crippen LogP contribution < -0.4 is 0 Å². The summed E-state index contributed by atoms with van der Waals surface area (Å²) in [5.74, 6) is -0.103. The van der Waals surface area contributed by atoms with E-state index >= 15 is 0 Å². The van der Waals surface area contributed by atoms with Gasteiger partial charge in [-0.1, -0.05) is 47.5 Å². The standard InChI is InChI=1S/C23H23Cl2N3O2/c1-14-17-5-3-6-18(15-11-26-27(2)12-15)19(17)9-16(13-29)28(14)23(30)10-20-21(24)7-4-8-22(20)25/h3-8,11-12,14,16,29H,9-10,13H2,1-2H3. The van der Waals surface area contributed by atoms with Gasteiger partial charge in [0.25, 0.3) is 0 Å². The van der Waals surface area contributed by atoms with Gasteiger partial charge in [-0.25, -0.2) is 0 Å². The van der Waals surface area contributed by atoms with Gasteiger partial charge in [0.2, 0.25) is 5.91 Å². The second kappa shape index (κ2) is 8.42. The molecule has 0 saturated carbocycles. The molecule has 2 unspecified atom stereocenters. The number of aliphatic hydroxyl groups excluding tert-OH is 1. The van der Waals surface area contributed by atoms with Crippen LogP contribution in [-0.2, 0) is 24.7 Å². The number of nitrogens with zero attached hydrogens (tertiary/aromatic N) is 3. The summed E-state index contributed by atoms with van der Waals surface area (Å²) in [6, 6.07) is 10.8. The Bertz CT molecular complexity index is 1080. The molecular formula is C23H23Cl2N3O2. The number of carbonyl (C=O) groups is 1. The maximum absolute atomic E-state index is 13.3. The largest absolute Gasteiger partial charge is 0.394 e. The average molecular weight is 444 g/mol. The summed E-state index contributed by atoms with van der Waals surface area (Å²) in [6.45, 7) is 1.88. The number of hydrogen-bond acceptors (Lipinski definition) is 3. The van der Waals surface area contributed by atoms with Crippen LogP contribution in [-0.4, -0.2) is 38.3 Å². The molecule has 2 atom stereocenters. The predicted octanol–water partition coefficient (Wildman–Crippen LogP) is 4.44. The number of aliphatic hydroxyl groups is 1. The van der Waals surface area contributed by atoms with Crippen molar-refractivity contribution in [3.63, 3.8) is 0 Å². The molecule has 0 aliphatic carbocycles. The molecule has 3 aromatic rings. The van der Waals surface area contributed by atoms with Gasteiger partial charge in [-0.2, -0.15) is 5.10 Å². The fraction of sp³-hybridized carbons (Fsp3) is 0.304. The molecule has 7 heteroatoms. The molecule has 1 amide bonds. The fourth-order valence-corrected chi connectivity index (χ4v) is 4.90. The third kappa shape index (κ3) is 3.73. The zero-order chi connectivity index (χ0) is 21.4. The molecule has 1 aromatic heterocycles. The van der Waals surface area contributed by atoms with E-state index in [0.717, 1.165) is 22.3 Å². The number of amides is 1. The van der Waals surface area contributed by atoms with Crippen LogP contribution >= 0.6 is 23.2 Å². The van der Waals surface area contributed by atoms with Crippen molar-refractivity contribution in [1.29, 1.82) is 0 Å². The molecule has 4 rings (SSSR count). The first-order chi connectivity index (χ1) is 14.4. The lowest BCUT2D eigenvalue weighted by atomic mass is 9.84. The highest BCUT2D eigenvalue weighted by Gasteiger charge is 2.36. The number of hydrogen-bond donors (Lipinski definition) is 1. The van der Waals surface area contributed by atoms with Crippen LogP contribution in [0.4, 0.5) is 0 Å². The van der Waals surface area contributed by atoms with Crippen molar-refractivity contribution in [3.05, 3.63) is 75.5 Å². The third-order valence-corrected chi connectivity index (χ3v) is 6.53. The minimum atomic E-state index is -0.320. The Labute approximate surface area is 185 Å². The molecule has 0 saturated heterocycles. The molecule has 5 nitrogen and oxygen atoms in total. The Morgan fingerprint density at radius 1 is 1.20 bits per heavy atom. The Morgan fingerprint density at radius 3 is 2.53 bits per heavy atom. The second-order valence-electron chi connectivity index (χ2n) is 7.67. The number of halogens is 2. The molecule has 2 aromatic carbocycles. The summed E-state index contributed by atoms with van der Waals surface area (Å²) in [6.07, 6.45) is 4.48. The van der Waals surface area contributed by atoms with E-state index in [2.05, 4.69) is 17.2 Å². The fourth-order valence-electron chi connectivity index (χ4n) is 4.37. The molecule has 0 spiro atoms. The number of carbonyl (C=O) groups excluding carboxylic acids is 1. The summed E-state index contributed by atoms with van der Waals surface area (Å²) in [7, 11) is 1.89. The minimum absolute atomic E-state index is 0.0942. The van der Waals surface area contributed by atoms with Crippen molar-refractivity contribution in [2.24, 2.45) is 7.05 Å². The highest BCUT2D eigenvalue weighted by Crippen LogP contribution is 2.39. The summed E-state index contributed by atoms with van der Waals surface area (Å²) in [5, 5.41) is 15.4. The van der Waals surface area contributed by atoms with Crippen LogP contribution in [0.2, 0.25) is 10.0 Å². The number of rotatable bonds is 4. The lowest BCUT2D eigenvalue weighted by Gasteiger charge is -2.42. The van der Waals surface area contributed by atoms with E-state index in [1.807, 2.05) is 32.4 Å². The number of aromatic nitrogens is 2. The number of aryl methyl sites for hydroxylation is 1. The summed E-state index contributed by atoms with van der Waals surface area (Å²) in [5.41, 5.74) is 4.97. The molecular weight excluding hydrogens is 421 g/mol. The van der Waals surface area contributed by atoms with Gasteiger partial charge < -0.3 is 10.0 Å². The molecule has 1 aliphatic rings. The zero-order valence-corrected chi connectivity index (χ0v) is 18.4. The molecule has 1 aliphatic heterocycles. The van der Waals surface area contributed by atoms with E-state index in [-0.39, 0.29) is 31.0 Å². The van der Waals surface area contributed by atoms with Gasteiger partial charge >= 0.3 is 0 Å². The van der Waals surface area contributed by atoms with Gasteiger partial charge in [0.05, 0.1) is 31.3 Å². The Balaban J connectivity index is 1.70. The van der Waals surface area contributed by atoms with Gasteiger partial charge in [-0.15, -0.1) is 0 Å². The van der Waals surface area contributed by atoms with Crippen LogP contribution in [0, 0.1) is 0 Å². The van der Waals surface area contributed by atoms with Crippen LogP contribution in [0.25, 0.3) is 11.1 Å². The van der Waals surface area contributed by atoms with Gasteiger partial charge in [-0.3, -0.25) is 9.48 Å². The van der Waals surface area contributed by atoms with Gasteiger partial charge in [0.1, 0.15) is 0 Å². The van der Waals surface area contributed by atoms with Gasteiger partial charge in [0, 0.05) is 28.9 Å². The summed E-state index contributed by atoms with van der Waals surface area (Å²) < 4.78 is 1.77. The Hall–Kier alpha value is -2.34. The van der Waals surface area contributed by atoms with Crippen molar-refractivity contribution < 1.29 is 9.90 Å². The van der Waals surface area contributed by atoms with Crippen LogP contribution in [0.5, 0.6) is 0 Å². The number of fused-ring (bicyclic) bond motifs is 1. The molecule has 156 valence electrons. The molecule has 2 heterocycles. The molecule has 1 N–H and O–H groups in total. The van der Waals surface area contributed by atoms with E-state index in [0.29, 0.717) is 22.0 Å². The Kier molecular flexibility index (Phi) is 5.87. The molecule has 0 radical (unpaired) electrons. The zero-order valence-electron chi connectivity index (χ0n) is 16.8. The predicted molar refractivity (Wildman–Crippen MR) is 119 cm³/mol. The SMILES string of the molecule is CC1c2cccc(-c3cnn(C)c3)c2CC(CO)N1C(=O)Cc1c(Cl)cccc1Cl. The second-order valence-corrected chi connectivity index (χ2v) is 8.48.